The largest absolute Gasteiger partial charge is 0.385 e. The minimum atomic E-state index is 0.581. The first-order valence-electron chi connectivity index (χ1n) is 7.42. The molecule has 0 radical (unpaired) electrons. The van der Waals surface area contributed by atoms with Crippen LogP contribution in [0.1, 0.15) is 46.0 Å². The quantitative estimate of drug-likeness (QED) is 0.737. The van der Waals surface area contributed by atoms with Crippen molar-refractivity contribution in [2.45, 2.75) is 46.0 Å². The van der Waals surface area contributed by atoms with Crippen LogP contribution in [0.4, 0.5) is 0 Å². The second-order valence-electron chi connectivity index (χ2n) is 6.28. The van der Waals surface area contributed by atoms with Crippen LogP contribution in [0.5, 0.6) is 0 Å². The Morgan fingerprint density at radius 3 is 2.76 bits per heavy atom. The first-order chi connectivity index (χ1) is 8.23. The molecule has 0 saturated heterocycles. The SMILES string of the molecule is CCNCC1(C(C)CCOC)CC2CCC1C2. The molecule has 0 spiro atoms. The topological polar surface area (TPSA) is 21.3 Å². The van der Waals surface area contributed by atoms with Gasteiger partial charge < -0.3 is 10.1 Å². The van der Waals surface area contributed by atoms with Gasteiger partial charge in [0.25, 0.3) is 0 Å². The Bertz CT molecular complexity index is 243. The van der Waals surface area contributed by atoms with Crippen molar-refractivity contribution in [1.82, 2.24) is 5.32 Å². The highest BCUT2D eigenvalue weighted by molar-refractivity contribution is 5.03. The molecule has 2 nitrogen and oxygen atoms in total. The van der Waals surface area contributed by atoms with E-state index in [2.05, 4.69) is 19.2 Å². The van der Waals surface area contributed by atoms with E-state index in [1.165, 1.54) is 38.6 Å². The predicted molar refractivity (Wildman–Crippen MR) is 72.1 cm³/mol. The van der Waals surface area contributed by atoms with Crippen LogP contribution >= 0.6 is 0 Å². The number of methoxy groups -OCH3 is 1. The lowest BCUT2D eigenvalue weighted by Gasteiger charge is -2.43. The molecular weight excluding hydrogens is 210 g/mol. The Hall–Kier alpha value is -0.0800. The van der Waals surface area contributed by atoms with Crippen molar-refractivity contribution < 1.29 is 4.74 Å². The van der Waals surface area contributed by atoms with Crippen molar-refractivity contribution in [1.29, 1.82) is 0 Å². The smallest absolute Gasteiger partial charge is 0.0465 e. The summed E-state index contributed by atoms with van der Waals surface area (Å²) in [6, 6.07) is 0. The molecule has 2 heteroatoms. The fraction of sp³-hybridized carbons (Fsp3) is 1.00. The Morgan fingerprint density at radius 1 is 1.41 bits per heavy atom. The van der Waals surface area contributed by atoms with Crippen molar-refractivity contribution in [2.75, 3.05) is 26.8 Å². The molecule has 0 amide bonds. The van der Waals surface area contributed by atoms with Gasteiger partial charge in [-0.2, -0.15) is 0 Å². The molecule has 4 unspecified atom stereocenters. The Labute approximate surface area is 107 Å². The van der Waals surface area contributed by atoms with Crippen LogP contribution in [-0.2, 0) is 4.74 Å². The molecule has 2 aliphatic carbocycles. The average molecular weight is 239 g/mol. The molecule has 0 aromatic carbocycles. The summed E-state index contributed by atoms with van der Waals surface area (Å²) >= 11 is 0. The molecule has 0 aliphatic heterocycles. The highest BCUT2D eigenvalue weighted by Gasteiger charge is 2.52. The zero-order valence-electron chi connectivity index (χ0n) is 11.8. The molecule has 0 heterocycles. The molecule has 4 atom stereocenters. The number of hydrogen-bond donors (Lipinski definition) is 1. The second-order valence-corrected chi connectivity index (χ2v) is 6.28. The van der Waals surface area contributed by atoms with E-state index in [0.717, 1.165) is 30.9 Å². The summed E-state index contributed by atoms with van der Waals surface area (Å²) in [6.07, 6.45) is 7.17. The first-order valence-corrected chi connectivity index (χ1v) is 7.42. The minimum absolute atomic E-state index is 0.581. The van der Waals surface area contributed by atoms with Crippen molar-refractivity contribution in [2.24, 2.45) is 23.2 Å². The third kappa shape index (κ3) is 2.53. The van der Waals surface area contributed by atoms with E-state index in [9.17, 15) is 0 Å². The lowest BCUT2D eigenvalue weighted by atomic mass is 9.64. The van der Waals surface area contributed by atoms with Crippen molar-refractivity contribution in [3.63, 3.8) is 0 Å². The van der Waals surface area contributed by atoms with Crippen LogP contribution in [0.3, 0.4) is 0 Å². The number of fused-ring (bicyclic) bond motifs is 2. The van der Waals surface area contributed by atoms with Crippen LogP contribution in [0.15, 0.2) is 0 Å². The van der Waals surface area contributed by atoms with Gasteiger partial charge in [0.1, 0.15) is 0 Å². The Kier molecular flexibility index (Phi) is 4.48. The summed E-state index contributed by atoms with van der Waals surface area (Å²) in [4.78, 5) is 0. The van der Waals surface area contributed by atoms with E-state index in [0.29, 0.717) is 5.41 Å². The third-order valence-corrected chi connectivity index (χ3v) is 5.46. The van der Waals surface area contributed by atoms with Gasteiger partial charge in [-0.1, -0.05) is 20.3 Å². The number of hydrogen-bond acceptors (Lipinski definition) is 2. The second kappa shape index (κ2) is 5.71. The zero-order chi connectivity index (χ0) is 12.3. The molecule has 0 aromatic rings. The van der Waals surface area contributed by atoms with Gasteiger partial charge in [-0.25, -0.2) is 0 Å². The van der Waals surface area contributed by atoms with E-state index >= 15 is 0 Å². The van der Waals surface area contributed by atoms with E-state index in [1.807, 2.05) is 7.11 Å². The summed E-state index contributed by atoms with van der Waals surface area (Å²) in [5.74, 6) is 2.82. The molecule has 2 fully saturated rings. The summed E-state index contributed by atoms with van der Waals surface area (Å²) in [5, 5.41) is 3.63. The maximum Gasteiger partial charge on any atom is 0.0465 e. The predicted octanol–water partition coefficient (Wildman–Crippen LogP) is 3.07. The van der Waals surface area contributed by atoms with Gasteiger partial charge in [0, 0.05) is 20.3 Å². The number of nitrogens with one attached hydrogen (secondary N) is 1. The van der Waals surface area contributed by atoms with Gasteiger partial charge in [-0.05, 0) is 55.4 Å². The van der Waals surface area contributed by atoms with Crippen LogP contribution in [-0.4, -0.2) is 26.8 Å². The molecule has 2 saturated carbocycles. The van der Waals surface area contributed by atoms with Crippen LogP contribution in [0, 0.1) is 23.2 Å². The normalized spacial score (nSPS) is 37.6. The summed E-state index contributed by atoms with van der Waals surface area (Å²) in [7, 11) is 1.82. The number of ether oxygens (including phenoxy) is 1. The molecule has 2 aliphatic rings. The van der Waals surface area contributed by atoms with E-state index in [4.69, 9.17) is 4.74 Å². The third-order valence-electron chi connectivity index (χ3n) is 5.46. The molecule has 100 valence electrons. The zero-order valence-corrected chi connectivity index (χ0v) is 11.8. The maximum atomic E-state index is 5.28. The van der Waals surface area contributed by atoms with Gasteiger partial charge >= 0.3 is 0 Å². The van der Waals surface area contributed by atoms with Crippen molar-refractivity contribution >= 4 is 0 Å². The van der Waals surface area contributed by atoms with E-state index in [-0.39, 0.29) is 0 Å². The van der Waals surface area contributed by atoms with Gasteiger partial charge in [0.05, 0.1) is 0 Å². The van der Waals surface area contributed by atoms with Crippen LogP contribution in [0.2, 0.25) is 0 Å². The maximum absolute atomic E-state index is 5.28. The highest BCUT2D eigenvalue weighted by atomic mass is 16.5. The van der Waals surface area contributed by atoms with Gasteiger partial charge in [0.15, 0.2) is 0 Å². The number of rotatable bonds is 7. The summed E-state index contributed by atoms with van der Waals surface area (Å²) in [5.41, 5.74) is 0.581. The van der Waals surface area contributed by atoms with Crippen molar-refractivity contribution in [3.05, 3.63) is 0 Å². The minimum Gasteiger partial charge on any atom is -0.385 e. The fourth-order valence-electron chi connectivity index (χ4n) is 4.42. The van der Waals surface area contributed by atoms with E-state index < -0.39 is 0 Å². The summed E-state index contributed by atoms with van der Waals surface area (Å²) < 4.78 is 5.28. The molecule has 17 heavy (non-hydrogen) atoms. The van der Waals surface area contributed by atoms with Crippen LogP contribution in [0.25, 0.3) is 0 Å². The lowest BCUT2D eigenvalue weighted by molar-refractivity contribution is 0.0578. The Morgan fingerprint density at radius 2 is 2.24 bits per heavy atom. The molecule has 1 N–H and O–H groups in total. The van der Waals surface area contributed by atoms with Gasteiger partial charge in [-0.3, -0.25) is 0 Å². The summed E-state index contributed by atoms with van der Waals surface area (Å²) in [6.45, 7) is 7.94. The molecule has 2 rings (SSSR count). The Balaban J connectivity index is 2.02. The molecule has 0 aromatic heterocycles. The fourth-order valence-corrected chi connectivity index (χ4v) is 4.42. The molecular formula is C15H29NO. The standard InChI is InChI=1S/C15H29NO/c1-4-16-11-15(12(2)7-8-17-3)10-13-5-6-14(15)9-13/h12-14,16H,4-11H2,1-3H3. The monoisotopic (exact) mass is 239 g/mol. The molecule has 2 bridgehead atoms. The van der Waals surface area contributed by atoms with Gasteiger partial charge in [0.2, 0.25) is 0 Å². The average Bonchev–Trinajstić information content (AvgIpc) is 2.94. The highest BCUT2D eigenvalue weighted by Crippen LogP contribution is 2.59. The van der Waals surface area contributed by atoms with Crippen molar-refractivity contribution in [3.8, 4) is 0 Å². The lowest BCUT2D eigenvalue weighted by Crippen LogP contribution is -2.44. The first kappa shape index (κ1) is 13.4. The van der Waals surface area contributed by atoms with Crippen LogP contribution < -0.4 is 5.32 Å². The van der Waals surface area contributed by atoms with E-state index in [1.54, 1.807) is 0 Å². The van der Waals surface area contributed by atoms with Gasteiger partial charge in [-0.15, -0.1) is 0 Å².